The van der Waals surface area contributed by atoms with E-state index in [4.69, 9.17) is 11.6 Å². The van der Waals surface area contributed by atoms with E-state index in [0.717, 1.165) is 16.4 Å². The summed E-state index contributed by atoms with van der Waals surface area (Å²) in [4.78, 5) is -0.0578. The molecule has 98 valence electrons. The number of hydrogen-bond donors (Lipinski definition) is 0. The smallest absolute Gasteiger partial charge is 0.207 e. The van der Waals surface area contributed by atoms with Gasteiger partial charge in [0.1, 0.15) is 5.82 Å². The summed E-state index contributed by atoms with van der Waals surface area (Å²) in [5.74, 6) is -0.658. The molecule has 0 aliphatic rings. The van der Waals surface area contributed by atoms with Crippen molar-refractivity contribution in [1.82, 2.24) is 4.31 Å². The van der Waals surface area contributed by atoms with Crippen LogP contribution in [-0.4, -0.2) is 25.8 Å². The normalized spacial score (nSPS) is 11.5. The highest BCUT2D eigenvalue weighted by Gasteiger charge is 2.23. The zero-order valence-corrected chi connectivity index (χ0v) is 11.2. The van der Waals surface area contributed by atoms with E-state index < -0.39 is 15.8 Å². The lowest BCUT2D eigenvalue weighted by Crippen LogP contribution is -2.31. The van der Waals surface area contributed by atoms with Crippen molar-refractivity contribution in [3.05, 3.63) is 54.3 Å². The Hall–Kier alpha value is -1.17. The molecule has 0 unspecified atom stereocenters. The molecule has 0 bridgehead atoms. The van der Waals surface area contributed by atoms with Crippen molar-refractivity contribution in [1.29, 1.82) is 0 Å². The van der Waals surface area contributed by atoms with Gasteiger partial charge in [0.25, 0.3) is 0 Å². The number of sulfonamides is 1. The fraction of sp³-hybridized carbons (Fsp3) is 0.167. The average molecular weight is 290 g/mol. The Balaban J connectivity index is 3.21. The highest BCUT2D eigenvalue weighted by Crippen LogP contribution is 2.22. The van der Waals surface area contributed by atoms with Crippen LogP contribution < -0.4 is 0 Å². The van der Waals surface area contributed by atoms with Crippen LogP contribution in [0.2, 0.25) is 5.02 Å². The summed E-state index contributed by atoms with van der Waals surface area (Å²) in [7, 11) is -3.72. The molecule has 0 spiro atoms. The van der Waals surface area contributed by atoms with Gasteiger partial charge in [0.05, 0.1) is 9.92 Å². The van der Waals surface area contributed by atoms with Crippen molar-refractivity contribution in [2.45, 2.75) is 4.90 Å². The molecule has 1 rings (SSSR count). The van der Waals surface area contributed by atoms with Crippen LogP contribution in [0, 0.1) is 5.82 Å². The first kappa shape index (κ1) is 14.9. The van der Waals surface area contributed by atoms with Gasteiger partial charge in [-0.15, -0.1) is 13.2 Å². The van der Waals surface area contributed by atoms with Crippen LogP contribution in [0.4, 0.5) is 4.39 Å². The van der Waals surface area contributed by atoms with Gasteiger partial charge in [-0.1, -0.05) is 23.8 Å². The molecule has 0 aliphatic carbocycles. The molecule has 3 nitrogen and oxygen atoms in total. The zero-order chi connectivity index (χ0) is 13.8. The Kier molecular flexibility index (Phi) is 5.07. The predicted octanol–water partition coefficient (Wildman–Crippen LogP) is 2.84. The van der Waals surface area contributed by atoms with Gasteiger partial charge in [-0.25, -0.2) is 12.8 Å². The molecule has 0 radical (unpaired) electrons. The minimum Gasteiger partial charge on any atom is -0.207 e. The van der Waals surface area contributed by atoms with Crippen LogP contribution in [-0.2, 0) is 10.0 Å². The monoisotopic (exact) mass is 289 g/mol. The van der Waals surface area contributed by atoms with Crippen LogP contribution in [0.3, 0.4) is 0 Å². The first-order valence-corrected chi connectivity index (χ1v) is 6.92. The standard InChI is InChI=1S/C12H13ClFNO2S/c1-3-7-15(8-4-2)18(16,17)10-5-6-12(14)11(13)9-10/h3-6,9H,1-2,7-8H2. The highest BCUT2D eigenvalue weighted by molar-refractivity contribution is 7.89. The van der Waals surface area contributed by atoms with E-state index in [-0.39, 0.29) is 23.0 Å². The van der Waals surface area contributed by atoms with Crippen LogP contribution in [0.25, 0.3) is 0 Å². The predicted molar refractivity (Wildman–Crippen MR) is 70.6 cm³/mol. The third-order valence-corrected chi connectivity index (χ3v) is 4.31. The Morgan fingerprint density at radius 3 is 2.28 bits per heavy atom. The first-order valence-electron chi connectivity index (χ1n) is 5.10. The summed E-state index contributed by atoms with van der Waals surface area (Å²) in [6.07, 6.45) is 2.93. The summed E-state index contributed by atoms with van der Waals surface area (Å²) in [5, 5.41) is -0.228. The van der Waals surface area contributed by atoms with Crippen molar-refractivity contribution in [2.24, 2.45) is 0 Å². The van der Waals surface area contributed by atoms with E-state index in [2.05, 4.69) is 13.2 Å². The van der Waals surface area contributed by atoms with Gasteiger partial charge in [-0.05, 0) is 18.2 Å². The fourth-order valence-electron chi connectivity index (χ4n) is 1.35. The fourth-order valence-corrected chi connectivity index (χ4v) is 3.00. The second-order valence-corrected chi connectivity index (χ2v) is 5.82. The molecule has 0 amide bonds. The lowest BCUT2D eigenvalue weighted by molar-refractivity contribution is 0.474. The quantitative estimate of drug-likeness (QED) is 0.755. The van der Waals surface area contributed by atoms with Crippen LogP contribution in [0.5, 0.6) is 0 Å². The van der Waals surface area contributed by atoms with Gasteiger partial charge in [-0.3, -0.25) is 0 Å². The molecule has 1 aromatic rings. The molecule has 0 fully saturated rings. The molecule has 0 heterocycles. The zero-order valence-electron chi connectivity index (χ0n) is 9.64. The van der Waals surface area contributed by atoms with Crippen LogP contribution in [0.15, 0.2) is 48.4 Å². The van der Waals surface area contributed by atoms with Gasteiger partial charge in [-0.2, -0.15) is 4.31 Å². The van der Waals surface area contributed by atoms with E-state index in [1.54, 1.807) is 0 Å². The topological polar surface area (TPSA) is 37.4 Å². The maximum absolute atomic E-state index is 13.0. The minimum absolute atomic E-state index is 0.0578. The van der Waals surface area contributed by atoms with Crippen molar-refractivity contribution in [2.75, 3.05) is 13.1 Å². The van der Waals surface area contributed by atoms with Crippen molar-refractivity contribution in [3.8, 4) is 0 Å². The van der Waals surface area contributed by atoms with Gasteiger partial charge >= 0.3 is 0 Å². The molecule has 0 saturated heterocycles. The van der Waals surface area contributed by atoms with E-state index in [0.29, 0.717) is 0 Å². The van der Waals surface area contributed by atoms with Gasteiger partial charge in [0.2, 0.25) is 10.0 Å². The lowest BCUT2D eigenvalue weighted by Gasteiger charge is -2.19. The summed E-state index contributed by atoms with van der Waals surface area (Å²) in [5.41, 5.74) is 0. The highest BCUT2D eigenvalue weighted by atomic mass is 35.5. The molecule has 18 heavy (non-hydrogen) atoms. The van der Waals surface area contributed by atoms with Gasteiger partial charge in [0.15, 0.2) is 0 Å². The largest absolute Gasteiger partial charge is 0.243 e. The Morgan fingerprint density at radius 1 is 1.28 bits per heavy atom. The number of halogens is 2. The maximum Gasteiger partial charge on any atom is 0.243 e. The summed E-state index contributed by atoms with van der Waals surface area (Å²) >= 11 is 5.58. The summed E-state index contributed by atoms with van der Waals surface area (Å²) in [6, 6.07) is 3.29. The van der Waals surface area contributed by atoms with Gasteiger partial charge in [0, 0.05) is 13.1 Å². The molecule has 6 heteroatoms. The molecule has 0 N–H and O–H groups in total. The number of nitrogens with zero attached hydrogens (tertiary/aromatic N) is 1. The van der Waals surface area contributed by atoms with E-state index in [9.17, 15) is 12.8 Å². The Labute approximate surface area is 111 Å². The van der Waals surface area contributed by atoms with Crippen molar-refractivity contribution < 1.29 is 12.8 Å². The first-order chi connectivity index (χ1) is 8.43. The summed E-state index contributed by atoms with van der Waals surface area (Å²) < 4.78 is 38.6. The number of hydrogen-bond acceptors (Lipinski definition) is 2. The number of rotatable bonds is 6. The SMILES string of the molecule is C=CCN(CC=C)S(=O)(=O)c1ccc(F)c(Cl)c1. The number of benzene rings is 1. The molecular weight excluding hydrogens is 277 g/mol. The summed E-state index contributed by atoms with van der Waals surface area (Å²) in [6.45, 7) is 7.27. The third kappa shape index (κ3) is 3.19. The lowest BCUT2D eigenvalue weighted by atomic mass is 10.3. The molecule has 0 aromatic heterocycles. The molecule has 0 atom stereocenters. The second-order valence-electron chi connectivity index (χ2n) is 3.48. The van der Waals surface area contributed by atoms with E-state index in [1.165, 1.54) is 18.2 Å². The Morgan fingerprint density at radius 2 is 1.83 bits per heavy atom. The minimum atomic E-state index is -3.72. The van der Waals surface area contributed by atoms with Crippen LogP contribution >= 0.6 is 11.6 Å². The van der Waals surface area contributed by atoms with Crippen LogP contribution in [0.1, 0.15) is 0 Å². The van der Waals surface area contributed by atoms with Crippen molar-refractivity contribution >= 4 is 21.6 Å². The average Bonchev–Trinajstić information content (AvgIpc) is 2.32. The second kappa shape index (κ2) is 6.13. The molecule has 1 aromatic carbocycles. The van der Waals surface area contributed by atoms with Gasteiger partial charge < -0.3 is 0 Å². The molecular formula is C12H13ClFNO2S. The third-order valence-electron chi connectivity index (χ3n) is 2.19. The maximum atomic E-state index is 13.0. The molecule has 0 saturated carbocycles. The van der Waals surface area contributed by atoms with E-state index >= 15 is 0 Å². The molecule has 0 aliphatic heterocycles. The van der Waals surface area contributed by atoms with E-state index in [1.807, 2.05) is 0 Å². The Bertz CT molecular complexity index is 547. The van der Waals surface area contributed by atoms with Crippen molar-refractivity contribution in [3.63, 3.8) is 0 Å².